The Morgan fingerprint density at radius 1 is 1.24 bits per heavy atom. The van der Waals surface area contributed by atoms with Crippen LogP contribution in [0.5, 0.6) is 11.5 Å². The second kappa shape index (κ2) is 7.11. The minimum absolute atomic E-state index is 0.200. The van der Waals surface area contributed by atoms with E-state index in [1.54, 1.807) is 14.2 Å². The van der Waals surface area contributed by atoms with Crippen LogP contribution in [0.4, 0.5) is 0 Å². The quantitative estimate of drug-likeness (QED) is 0.729. The molecule has 96 valence electrons. The zero-order valence-corrected chi connectivity index (χ0v) is 10.2. The van der Waals surface area contributed by atoms with Gasteiger partial charge >= 0.3 is 0 Å². The largest absolute Gasteiger partial charge is 0.493 e. The molecule has 0 spiro atoms. The van der Waals surface area contributed by atoms with E-state index < -0.39 is 6.10 Å². The van der Waals surface area contributed by atoms with Crippen LogP contribution in [0.15, 0.2) is 18.2 Å². The van der Waals surface area contributed by atoms with Gasteiger partial charge in [0.2, 0.25) is 0 Å². The van der Waals surface area contributed by atoms with E-state index in [4.69, 9.17) is 19.9 Å². The highest BCUT2D eigenvalue weighted by Crippen LogP contribution is 2.27. The normalized spacial score (nSPS) is 12.2. The Labute approximate surface area is 101 Å². The molecule has 0 aliphatic heterocycles. The van der Waals surface area contributed by atoms with Crippen LogP contribution in [0, 0.1) is 0 Å². The molecule has 1 aromatic carbocycles. The molecule has 0 aliphatic rings. The Hall–Kier alpha value is -1.30. The van der Waals surface area contributed by atoms with Crippen LogP contribution < -0.4 is 15.2 Å². The zero-order chi connectivity index (χ0) is 12.7. The van der Waals surface area contributed by atoms with Gasteiger partial charge in [-0.25, -0.2) is 0 Å². The van der Waals surface area contributed by atoms with Crippen molar-refractivity contribution in [2.24, 2.45) is 5.73 Å². The number of hydrogen-bond donors (Lipinski definition) is 2. The number of rotatable bonds is 7. The molecule has 3 N–H and O–H groups in total. The Bertz CT molecular complexity index is 343. The number of ether oxygens (including phenoxy) is 3. The van der Waals surface area contributed by atoms with Gasteiger partial charge in [-0.1, -0.05) is 6.07 Å². The first-order valence-corrected chi connectivity index (χ1v) is 5.38. The Balaban J connectivity index is 2.54. The maximum absolute atomic E-state index is 9.22. The molecule has 0 aliphatic carbocycles. The van der Waals surface area contributed by atoms with Gasteiger partial charge in [0.1, 0.15) is 0 Å². The first kappa shape index (κ1) is 13.8. The number of aliphatic hydroxyl groups is 1. The molecule has 1 atom stereocenters. The number of hydrogen-bond acceptors (Lipinski definition) is 5. The summed E-state index contributed by atoms with van der Waals surface area (Å²) in [5.41, 5.74) is 6.22. The molecule has 5 heteroatoms. The molecule has 0 fully saturated rings. The van der Waals surface area contributed by atoms with Crippen molar-refractivity contribution < 1.29 is 19.3 Å². The number of methoxy groups -OCH3 is 2. The Kier molecular flexibility index (Phi) is 5.76. The lowest BCUT2D eigenvalue weighted by Gasteiger charge is -2.11. The van der Waals surface area contributed by atoms with Crippen LogP contribution in [-0.2, 0) is 11.3 Å². The first-order chi connectivity index (χ1) is 8.21. The summed E-state index contributed by atoms with van der Waals surface area (Å²) in [4.78, 5) is 0. The highest BCUT2D eigenvalue weighted by atomic mass is 16.5. The third-order valence-corrected chi connectivity index (χ3v) is 2.30. The summed E-state index contributed by atoms with van der Waals surface area (Å²) in [5, 5.41) is 9.22. The van der Waals surface area contributed by atoms with E-state index in [2.05, 4.69) is 0 Å². The third kappa shape index (κ3) is 4.22. The van der Waals surface area contributed by atoms with Gasteiger partial charge in [-0.15, -0.1) is 0 Å². The molecule has 5 nitrogen and oxygen atoms in total. The van der Waals surface area contributed by atoms with Gasteiger partial charge in [-0.05, 0) is 17.7 Å². The molecule has 0 saturated carbocycles. The van der Waals surface area contributed by atoms with Gasteiger partial charge in [0, 0.05) is 6.54 Å². The van der Waals surface area contributed by atoms with Crippen LogP contribution in [0.25, 0.3) is 0 Å². The van der Waals surface area contributed by atoms with Crippen molar-refractivity contribution in [1.29, 1.82) is 0 Å². The van der Waals surface area contributed by atoms with Gasteiger partial charge in [0.15, 0.2) is 11.5 Å². The molecular formula is C12H19NO4. The molecule has 0 bridgehead atoms. The fraction of sp³-hybridized carbons (Fsp3) is 0.500. The summed E-state index contributed by atoms with van der Waals surface area (Å²) in [6.45, 7) is 0.828. The van der Waals surface area contributed by atoms with Crippen molar-refractivity contribution in [2.75, 3.05) is 27.4 Å². The van der Waals surface area contributed by atoms with E-state index in [1.807, 2.05) is 18.2 Å². The molecule has 1 rings (SSSR count). The van der Waals surface area contributed by atoms with E-state index in [-0.39, 0.29) is 13.2 Å². The standard InChI is InChI=1S/C12H19NO4/c1-15-11-4-3-9(5-12(11)16-2)7-17-8-10(14)6-13/h3-5,10,14H,6-8,13H2,1-2H3/t10-/m1/s1. The lowest BCUT2D eigenvalue weighted by atomic mass is 10.2. The van der Waals surface area contributed by atoms with Crippen molar-refractivity contribution in [3.63, 3.8) is 0 Å². The summed E-state index contributed by atoms with van der Waals surface area (Å²) in [7, 11) is 3.17. The first-order valence-electron chi connectivity index (χ1n) is 5.38. The molecule has 0 aromatic heterocycles. The van der Waals surface area contributed by atoms with E-state index in [9.17, 15) is 5.11 Å². The molecule has 0 saturated heterocycles. The van der Waals surface area contributed by atoms with Crippen LogP contribution in [0.2, 0.25) is 0 Å². The zero-order valence-electron chi connectivity index (χ0n) is 10.2. The van der Waals surface area contributed by atoms with Crippen molar-refractivity contribution in [1.82, 2.24) is 0 Å². The predicted molar refractivity (Wildman–Crippen MR) is 64.3 cm³/mol. The van der Waals surface area contributed by atoms with Crippen molar-refractivity contribution in [3.05, 3.63) is 23.8 Å². The van der Waals surface area contributed by atoms with Crippen molar-refractivity contribution in [2.45, 2.75) is 12.7 Å². The maximum atomic E-state index is 9.22. The SMILES string of the molecule is COc1ccc(COC[C@H](O)CN)cc1OC. The van der Waals surface area contributed by atoms with E-state index in [0.717, 1.165) is 5.56 Å². The molecule has 1 aromatic rings. The topological polar surface area (TPSA) is 73.9 Å². The summed E-state index contributed by atoms with van der Waals surface area (Å²) in [6.07, 6.45) is -0.616. The van der Waals surface area contributed by atoms with Gasteiger partial charge in [-0.2, -0.15) is 0 Å². The fourth-order valence-corrected chi connectivity index (χ4v) is 1.35. The average molecular weight is 241 g/mol. The van der Waals surface area contributed by atoms with Crippen LogP contribution in [0.1, 0.15) is 5.56 Å². The van der Waals surface area contributed by atoms with Crippen molar-refractivity contribution in [3.8, 4) is 11.5 Å². The highest BCUT2D eigenvalue weighted by Gasteiger charge is 2.05. The monoisotopic (exact) mass is 241 g/mol. The van der Waals surface area contributed by atoms with Crippen LogP contribution in [0.3, 0.4) is 0 Å². The maximum Gasteiger partial charge on any atom is 0.161 e. The van der Waals surface area contributed by atoms with Gasteiger partial charge < -0.3 is 25.1 Å². The molecule has 0 heterocycles. The summed E-state index contributed by atoms with van der Waals surface area (Å²) >= 11 is 0. The van der Waals surface area contributed by atoms with Crippen LogP contribution >= 0.6 is 0 Å². The van der Waals surface area contributed by atoms with Gasteiger partial charge in [0.05, 0.1) is 33.5 Å². The highest BCUT2D eigenvalue weighted by molar-refractivity contribution is 5.42. The van der Waals surface area contributed by atoms with Gasteiger partial charge in [0.25, 0.3) is 0 Å². The summed E-state index contributed by atoms with van der Waals surface area (Å²) < 4.78 is 15.6. The lowest BCUT2D eigenvalue weighted by molar-refractivity contribution is 0.0328. The minimum atomic E-state index is -0.616. The van der Waals surface area contributed by atoms with Gasteiger partial charge in [-0.3, -0.25) is 0 Å². The van der Waals surface area contributed by atoms with E-state index in [0.29, 0.717) is 18.1 Å². The van der Waals surface area contributed by atoms with E-state index >= 15 is 0 Å². The Morgan fingerprint density at radius 2 is 1.94 bits per heavy atom. The smallest absolute Gasteiger partial charge is 0.161 e. The average Bonchev–Trinajstić information content (AvgIpc) is 2.38. The fourth-order valence-electron chi connectivity index (χ4n) is 1.35. The summed E-state index contributed by atoms with van der Waals surface area (Å²) in [5.74, 6) is 1.34. The minimum Gasteiger partial charge on any atom is -0.493 e. The number of benzene rings is 1. The second-order valence-electron chi connectivity index (χ2n) is 3.59. The molecular weight excluding hydrogens is 222 g/mol. The van der Waals surface area contributed by atoms with Crippen LogP contribution in [-0.4, -0.2) is 38.6 Å². The number of nitrogens with two attached hydrogens (primary N) is 1. The third-order valence-electron chi connectivity index (χ3n) is 2.30. The predicted octanol–water partition coefficient (Wildman–Crippen LogP) is 0.540. The Morgan fingerprint density at radius 3 is 2.53 bits per heavy atom. The second-order valence-corrected chi connectivity index (χ2v) is 3.59. The molecule has 0 radical (unpaired) electrons. The van der Waals surface area contributed by atoms with Crippen molar-refractivity contribution >= 4 is 0 Å². The molecule has 17 heavy (non-hydrogen) atoms. The lowest BCUT2D eigenvalue weighted by Crippen LogP contribution is -2.24. The molecule has 0 amide bonds. The molecule has 0 unspecified atom stereocenters. The summed E-state index contributed by atoms with van der Waals surface area (Å²) in [6, 6.07) is 5.54. The van der Waals surface area contributed by atoms with E-state index in [1.165, 1.54) is 0 Å². The number of aliphatic hydroxyl groups excluding tert-OH is 1.